The van der Waals surface area contributed by atoms with Crippen molar-refractivity contribution in [3.8, 4) is 5.75 Å². The highest BCUT2D eigenvalue weighted by atomic mass is 16.5. The Kier molecular flexibility index (Phi) is 4.26. The molecule has 1 aromatic carbocycles. The molecular formula is C14H21NO2. The van der Waals surface area contributed by atoms with Crippen LogP contribution < -0.4 is 10.1 Å². The first-order valence-corrected chi connectivity index (χ1v) is 6.26. The fourth-order valence-electron chi connectivity index (χ4n) is 2.22. The molecule has 0 bridgehead atoms. The molecule has 2 rings (SSSR count). The number of ether oxygens (including phenoxy) is 2. The van der Waals surface area contributed by atoms with Gasteiger partial charge in [-0.25, -0.2) is 0 Å². The van der Waals surface area contributed by atoms with Gasteiger partial charge in [-0.3, -0.25) is 0 Å². The summed E-state index contributed by atoms with van der Waals surface area (Å²) < 4.78 is 10.7. The Morgan fingerprint density at radius 2 is 2.35 bits per heavy atom. The van der Waals surface area contributed by atoms with E-state index in [-0.39, 0.29) is 0 Å². The monoisotopic (exact) mass is 235 g/mol. The first-order chi connectivity index (χ1) is 8.29. The van der Waals surface area contributed by atoms with E-state index in [1.807, 2.05) is 6.07 Å². The summed E-state index contributed by atoms with van der Waals surface area (Å²) >= 11 is 0. The standard InChI is InChI=1S/C14H21NO2/c1-11-8-13(5-6-14(11)16-2)15-9-12-4-3-7-17-10-12/h5-6,8,12,15H,3-4,7,9-10H2,1-2H3. The molecule has 0 saturated carbocycles. The second kappa shape index (κ2) is 5.92. The minimum absolute atomic E-state index is 0.645. The molecule has 1 unspecified atom stereocenters. The van der Waals surface area contributed by atoms with Crippen LogP contribution in [0.25, 0.3) is 0 Å². The lowest BCUT2D eigenvalue weighted by Crippen LogP contribution is -2.24. The van der Waals surface area contributed by atoms with E-state index in [2.05, 4.69) is 24.4 Å². The van der Waals surface area contributed by atoms with Gasteiger partial charge in [0.1, 0.15) is 5.75 Å². The van der Waals surface area contributed by atoms with E-state index in [0.29, 0.717) is 5.92 Å². The molecule has 0 amide bonds. The number of aryl methyl sites for hydroxylation is 1. The van der Waals surface area contributed by atoms with Gasteiger partial charge in [-0.2, -0.15) is 0 Å². The van der Waals surface area contributed by atoms with Gasteiger partial charge < -0.3 is 14.8 Å². The second-order valence-corrected chi connectivity index (χ2v) is 4.65. The average Bonchev–Trinajstić information content (AvgIpc) is 2.38. The Hall–Kier alpha value is -1.22. The zero-order valence-corrected chi connectivity index (χ0v) is 10.7. The molecule has 0 aliphatic carbocycles. The maximum Gasteiger partial charge on any atom is 0.121 e. The third-order valence-electron chi connectivity index (χ3n) is 3.24. The van der Waals surface area contributed by atoms with E-state index >= 15 is 0 Å². The van der Waals surface area contributed by atoms with Crippen LogP contribution in [0.3, 0.4) is 0 Å². The van der Waals surface area contributed by atoms with Gasteiger partial charge in [0.2, 0.25) is 0 Å². The van der Waals surface area contributed by atoms with Crippen LogP contribution in [-0.4, -0.2) is 26.9 Å². The van der Waals surface area contributed by atoms with Crippen LogP contribution in [0, 0.1) is 12.8 Å². The highest BCUT2D eigenvalue weighted by Gasteiger charge is 2.13. The Morgan fingerprint density at radius 3 is 3.00 bits per heavy atom. The molecular weight excluding hydrogens is 214 g/mol. The number of anilines is 1. The molecule has 1 saturated heterocycles. The van der Waals surface area contributed by atoms with Gasteiger partial charge in [0, 0.05) is 18.8 Å². The van der Waals surface area contributed by atoms with Crippen LogP contribution in [0.5, 0.6) is 5.75 Å². The molecule has 94 valence electrons. The molecule has 0 aromatic heterocycles. The van der Waals surface area contributed by atoms with Gasteiger partial charge in [-0.05, 0) is 49.4 Å². The second-order valence-electron chi connectivity index (χ2n) is 4.65. The van der Waals surface area contributed by atoms with Gasteiger partial charge in [0.05, 0.1) is 13.7 Å². The molecule has 1 fully saturated rings. The predicted molar refractivity (Wildman–Crippen MR) is 69.8 cm³/mol. The van der Waals surface area contributed by atoms with Gasteiger partial charge in [0.15, 0.2) is 0 Å². The van der Waals surface area contributed by atoms with Crippen molar-refractivity contribution in [2.45, 2.75) is 19.8 Å². The van der Waals surface area contributed by atoms with E-state index in [4.69, 9.17) is 9.47 Å². The molecule has 1 aliphatic heterocycles. The highest BCUT2D eigenvalue weighted by molar-refractivity contribution is 5.50. The summed E-state index contributed by atoms with van der Waals surface area (Å²) in [6.45, 7) is 4.87. The summed E-state index contributed by atoms with van der Waals surface area (Å²) in [4.78, 5) is 0. The number of hydrogen-bond acceptors (Lipinski definition) is 3. The van der Waals surface area contributed by atoms with Gasteiger partial charge in [-0.15, -0.1) is 0 Å². The summed E-state index contributed by atoms with van der Waals surface area (Å²) in [6.07, 6.45) is 2.45. The molecule has 0 radical (unpaired) electrons. The first-order valence-electron chi connectivity index (χ1n) is 6.26. The smallest absolute Gasteiger partial charge is 0.121 e. The maximum absolute atomic E-state index is 5.47. The van der Waals surface area contributed by atoms with Gasteiger partial charge >= 0.3 is 0 Å². The fraction of sp³-hybridized carbons (Fsp3) is 0.571. The number of nitrogens with one attached hydrogen (secondary N) is 1. The Morgan fingerprint density at radius 1 is 1.47 bits per heavy atom. The van der Waals surface area contributed by atoms with E-state index in [1.54, 1.807) is 7.11 Å². The summed E-state index contributed by atoms with van der Waals surface area (Å²) in [5.74, 6) is 1.59. The Balaban J connectivity index is 1.87. The SMILES string of the molecule is COc1ccc(NCC2CCCOC2)cc1C. The minimum Gasteiger partial charge on any atom is -0.496 e. The fourth-order valence-corrected chi connectivity index (χ4v) is 2.22. The maximum atomic E-state index is 5.47. The molecule has 3 heteroatoms. The van der Waals surface area contributed by atoms with Crippen LogP contribution in [0.4, 0.5) is 5.69 Å². The quantitative estimate of drug-likeness (QED) is 0.870. The van der Waals surface area contributed by atoms with Crippen molar-refractivity contribution in [2.24, 2.45) is 5.92 Å². The molecule has 3 nitrogen and oxygen atoms in total. The van der Waals surface area contributed by atoms with Crippen molar-refractivity contribution in [1.82, 2.24) is 0 Å². The Labute approximate surface area is 103 Å². The zero-order chi connectivity index (χ0) is 12.1. The molecule has 1 N–H and O–H groups in total. The minimum atomic E-state index is 0.645. The average molecular weight is 235 g/mol. The lowest BCUT2D eigenvalue weighted by molar-refractivity contribution is 0.0595. The lowest BCUT2D eigenvalue weighted by Gasteiger charge is -2.22. The molecule has 1 atom stereocenters. The third-order valence-corrected chi connectivity index (χ3v) is 3.24. The van der Waals surface area contributed by atoms with Crippen LogP contribution in [0.15, 0.2) is 18.2 Å². The van der Waals surface area contributed by atoms with E-state index in [0.717, 1.165) is 36.8 Å². The summed E-state index contributed by atoms with van der Waals surface area (Å²) in [7, 11) is 1.70. The van der Waals surface area contributed by atoms with Crippen molar-refractivity contribution in [3.05, 3.63) is 23.8 Å². The largest absolute Gasteiger partial charge is 0.496 e. The normalized spacial score (nSPS) is 20.0. The summed E-state index contributed by atoms with van der Waals surface area (Å²) in [6, 6.07) is 6.20. The van der Waals surface area contributed by atoms with Crippen LogP contribution in [0.2, 0.25) is 0 Å². The van der Waals surface area contributed by atoms with Gasteiger partial charge in [-0.1, -0.05) is 0 Å². The van der Waals surface area contributed by atoms with Crippen molar-refractivity contribution in [3.63, 3.8) is 0 Å². The summed E-state index contributed by atoms with van der Waals surface area (Å²) in [5, 5.41) is 3.47. The molecule has 0 spiro atoms. The van der Waals surface area contributed by atoms with Crippen LogP contribution >= 0.6 is 0 Å². The van der Waals surface area contributed by atoms with E-state index in [1.165, 1.54) is 12.8 Å². The molecule has 1 aliphatic rings. The van der Waals surface area contributed by atoms with Gasteiger partial charge in [0.25, 0.3) is 0 Å². The zero-order valence-electron chi connectivity index (χ0n) is 10.7. The van der Waals surface area contributed by atoms with Crippen molar-refractivity contribution in [2.75, 3.05) is 32.2 Å². The molecule has 17 heavy (non-hydrogen) atoms. The molecule has 1 heterocycles. The van der Waals surface area contributed by atoms with Crippen LogP contribution in [0.1, 0.15) is 18.4 Å². The number of methoxy groups -OCH3 is 1. The Bertz CT molecular complexity index is 359. The van der Waals surface area contributed by atoms with E-state index < -0.39 is 0 Å². The highest BCUT2D eigenvalue weighted by Crippen LogP contribution is 2.22. The topological polar surface area (TPSA) is 30.5 Å². The number of benzene rings is 1. The third kappa shape index (κ3) is 3.37. The van der Waals surface area contributed by atoms with Crippen molar-refractivity contribution < 1.29 is 9.47 Å². The number of hydrogen-bond donors (Lipinski definition) is 1. The van der Waals surface area contributed by atoms with E-state index in [9.17, 15) is 0 Å². The van der Waals surface area contributed by atoms with Crippen molar-refractivity contribution in [1.29, 1.82) is 0 Å². The lowest BCUT2D eigenvalue weighted by atomic mass is 10.0. The number of rotatable bonds is 4. The van der Waals surface area contributed by atoms with Crippen molar-refractivity contribution >= 4 is 5.69 Å². The molecule has 1 aromatic rings. The van der Waals surface area contributed by atoms with Crippen LogP contribution in [-0.2, 0) is 4.74 Å². The summed E-state index contributed by atoms with van der Waals surface area (Å²) in [5.41, 5.74) is 2.33. The predicted octanol–water partition coefficient (Wildman–Crippen LogP) is 2.84. The first kappa shape index (κ1) is 12.2.